The van der Waals surface area contributed by atoms with Gasteiger partial charge in [0.15, 0.2) is 0 Å². The van der Waals surface area contributed by atoms with Crippen LogP contribution in [0.3, 0.4) is 0 Å². The number of imide groups is 1. The van der Waals surface area contributed by atoms with Gasteiger partial charge in [0, 0.05) is 11.5 Å². The van der Waals surface area contributed by atoms with Gasteiger partial charge in [-0.05, 0) is 20.3 Å². The number of allylic oxidation sites excluding steroid dienone is 2. The predicted molar refractivity (Wildman–Crippen MR) is 67.7 cm³/mol. The summed E-state index contributed by atoms with van der Waals surface area (Å²) in [7, 11) is 0. The van der Waals surface area contributed by atoms with Crippen molar-refractivity contribution >= 4 is 29.3 Å². The molecule has 1 aliphatic rings. The molecule has 6 heteroatoms. The van der Waals surface area contributed by atoms with Crippen LogP contribution in [-0.2, 0) is 14.4 Å². The second-order valence-corrected chi connectivity index (χ2v) is 4.49. The van der Waals surface area contributed by atoms with Crippen LogP contribution < -0.4 is 10.6 Å². The maximum atomic E-state index is 11.9. The molecule has 1 atom stereocenters. The van der Waals surface area contributed by atoms with Gasteiger partial charge in [-0.25, -0.2) is 0 Å². The Morgan fingerprint density at radius 2 is 2.17 bits per heavy atom. The van der Waals surface area contributed by atoms with Crippen molar-refractivity contribution < 1.29 is 14.4 Å². The maximum absolute atomic E-state index is 11.9. The molecule has 18 heavy (non-hydrogen) atoms. The van der Waals surface area contributed by atoms with E-state index in [-0.39, 0.29) is 12.3 Å². The van der Waals surface area contributed by atoms with Crippen molar-refractivity contribution in [3.05, 3.63) is 22.8 Å². The Bertz CT molecular complexity index is 437. The molecule has 1 aliphatic heterocycles. The Morgan fingerprint density at radius 1 is 1.50 bits per heavy atom. The van der Waals surface area contributed by atoms with Crippen LogP contribution in [0.5, 0.6) is 0 Å². The molecular formula is C12H15ClN2O3. The van der Waals surface area contributed by atoms with E-state index in [2.05, 4.69) is 10.6 Å². The van der Waals surface area contributed by atoms with Crippen molar-refractivity contribution in [1.82, 2.24) is 10.6 Å². The average Bonchev–Trinajstić information content (AvgIpc) is 2.29. The molecule has 1 fully saturated rings. The third kappa shape index (κ3) is 3.70. The zero-order valence-electron chi connectivity index (χ0n) is 10.2. The molecule has 0 bridgehead atoms. The summed E-state index contributed by atoms with van der Waals surface area (Å²) in [6.07, 6.45) is 3.79. The molecule has 3 amide bonds. The number of rotatable bonds is 3. The quantitative estimate of drug-likeness (QED) is 0.456. The van der Waals surface area contributed by atoms with Crippen molar-refractivity contribution in [3.8, 4) is 0 Å². The lowest BCUT2D eigenvalue weighted by Crippen LogP contribution is -2.52. The van der Waals surface area contributed by atoms with Gasteiger partial charge in [-0.1, -0.05) is 23.8 Å². The van der Waals surface area contributed by atoms with Gasteiger partial charge in [-0.2, -0.15) is 0 Å². The lowest BCUT2D eigenvalue weighted by molar-refractivity contribution is -0.136. The van der Waals surface area contributed by atoms with Crippen molar-refractivity contribution in [2.45, 2.75) is 32.7 Å². The first kappa shape index (κ1) is 14.4. The van der Waals surface area contributed by atoms with Crippen molar-refractivity contribution in [1.29, 1.82) is 0 Å². The topological polar surface area (TPSA) is 75.3 Å². The first-order valence-corrected chi connectivity index (χ1v) is 5.97. The van der Waals surface area contributed by atoms with E-state index in [0.717, 1.165) is 0 Å². The summed E-state index contributed by atoms with van der Waals surface area (Å²) in [5, 5.41) is 5.08. The summed E-state index contributed by atoms with van der Waals surface area (Å²) in [6, 6.07) is -0.688. The van der Waals surface area contributed by atoms with Crippen molar-refractivity contribution in [2.24, 2.45) is 0 Å². The number of carbonyl (C=O) groups is 3. The van der Waals surface area contributed by atoms with Crippen LogP contribution in [0.1, 0.15) is 26.7 Å². The first-order valence-electron chi connectivity index (χ1n) is 5.59. The third-order valence-electron chi connectivity index (χ3n) is 2.49. The van der Waals surface area contributed by atoms with Crippen LogP contribution in [0.4, 0.5) is 0 Å². The number of nitrogens with one attached hydrogen (secondary N) is 2. The van der Waals surface area contributed by atoms with Crippen LogP contribution >= 0.6 is 11.6 Å². The van der Waals surface area contributed by atoms with E-state index in [1.54, 1.807) is 26.0 Å². The Labute approximate surface area is 110 Å². The molecule has 5 nitrogen and oxygen atoms in total. The molecule has 1 rings (SSSR count). The fraction of sp³-hybridized carbons (Fsp3) is 0.417. The lowest BCUT2D eigenvalue weighted by atomic mass is 10.1. The van der Waals surface area contributed by atoms with E-state index in [0.29, 0.717) is 17.0 Å². The molecule has 1 unspecified atom stereocenters. The number of hydrogen-bond acceptors (Lipinski definition) is 3. The normalized spacial score (nSPS) is 21.6. The Balaban J connectivity index is 2.73. The Morgan fingerprint density at radius 3 is 2.67 bits per heavy atom. The molecule has 0 aliphatic carbocycles. The van der Waals surface area contributed by atoms with Gasteiger partial charge < -0.3 is 5.32 Å². The molecule has 0 radical (unpaired) electrons. The molecule has 0 aromatic heterocycles. The number of amides is 3. The highest BCUT2D eigenvalue weighted by Crippen LogP contribution is 2.12. The van der Waals surface area contributed by atoms with Gasteiger partial charge in [0.25, 0.3) is 5.91 Å². The number of hydrogen-bond donors (Lipinski definition) is 2. The summed E-state index contributed by atoms with van der Waals surface area (Å²) in [4.78, 5) is 34.3. The van der Waals surface area contributed by atoms with E-state index in [4.69, 9.17) is 11.6 Å². The van der Waals surface area contributed by atoms with Crippen LogP contribution in [0, 0.1) is 0 Å². The monoisotopic (exact) mass is 270 g/mol. The van der Waals surface area contributed by atoms with Gasteiger partial charge in [-0.3, -0.25) is 19.7 Å². The highest BCUT2D eigenvalue weighted by atomic mass is 35.5. The van der Waals surface area contributed by atoms with Gasteiger partial charge in [0.05, 0.1) is 5.57 Å². The van der Waals surface area contributed by atoms with Crippen LogP contribution in [0.2, 0.25) is 0 Å². The van der Waals surface area contributed by atoms with Gasteiger partial charge in [-0.15, -0.1) is 0 Å². The van der Waals surface area contributed by atoms with Crippen molar-refractivity contribution in [3.63, 3.8) is 0 Å². The summed E-state index contributed by atoms with van der Waals surface area (Å²) >= 11 is 5.81. The van der Waals surface area contributed by atoms with Gasteiger partial charge in [0.2, 0.25) is 11.8 Å². The molecule has 1 saturated heterocycles. The number of carbonyl (C=O) groups excluding carboxylic acids is 3. The fourth-order valence-electron chi connectivity index (χ4n) is 1.58. The summed E-state index contributed by atoms with van der Waals surface area (Å²) in [5.41, 5.74) is 0.309. The van der Waals surface area contributed by atoms with Crippen molar-refractivity contribution in [2.75, 3.05) is 0 Å². The molecule has 98 valence electrons. The van der Waals surface area contributed by atoms with Crippen LogP contribution in [-0.4, -0.2) is 23.8 Å². The van der Waals surface area contributed by atoms with E-state index in [1.165, 1.54) is 0 Å². The number of piperidine rings is 1. The molecular weight excluding hydrogens is 256 g/mol. The molecule has 0 aromatic carbocycles. The maximum Gasteiger partial charge on any atom is 0.253 e. The summed E-state index contributed by atoms with van der Waals surface area (Å²) in [5.74, 6) is -1.22. The minimum atomic E-state index is -0.688. The minimum Gasteiger partial charge on any atom is -0.340 e. The minimum absolute atomic E-state index is 0.221. The molecule has 1 heterocycles. The van der Waals surface area contributed by atoms with E-state index in [9.17, 15) is 14.4 Å². The smallest absolute Gasteiger partial charge is 0.253 e. The second kappa shape index (κ2) is 6.35. The summed E-state index contributed by atoms with van der Waals surface area (Å²) < 4.78 is 0. The van der Waals surface area contributed by atoms with E-state index >= 15 is 0 Å². The van der Waals surface area contributed by atoms with E-state index < -0.39 is 17.9 Å². The highest BCUT2D eigenvalue weighted by molar-refractivity contribution is 6.32. The van der Waals surface area contributed by atoms with Crippen LogP contribution in [0.15, 0.2) is 22.8 Å². The third-order valence-corrected chi connectivity index (χ3v) is 2.70. The zero-order chi connectivity index (χ0) is 13.7. The predicted octanol–water partition coefficient (Wildman–Crippen LogP) is 0.997. The highest BCUT2D eigenvalue weighted by Gasteiger charge is 2.28. The standard InChI is InChI=1S/C12H15ClN2O3/c1-3-4-8(7(2)13)11(17)14-9-5-6-10(16)15-12(9)18/h3-4,9H,5-6H2,1-2H3,(H,14,17)(H,15,16,18)/b4-3?,8-7-. The van der Waals surface area contributed by atoms with Gasteiger partial charge >= 0.3 is 0 Å². The van der Waals surface area contributed by atoms with Crippen LogP contribution in [0.25, 0.3) is 0 Å². The summed E-state index contributed by atoms with van der Waals surface area (Å²) in [6.45, 7) is 3.36. The molecule has 2 N–H and O–H groups in total. The SMILES string of the molecule is CC=C/C(C(=O)NC1CCC(=O)NC1=O)=C(\C)Cl. The lowest BCUT2D eigenvalue weighted by Gasteiger charge is -2.22. The Kier molecular flexibility index (Phi) is 5.09. The zero-order valence-corrected chi connectivity index (χ0v) is 11.0. The first-order chi connectivity index (χ1) is 8.45. The average molecular weight is 271 g/mol. The molecule has 0 saturated carbocycles. The van der Waals surface area contributed by atoms with E-state index in [1.807, 2.05) is 0 Å². The van der Waals surface area contributed by atoms with Gasteiger partial charge in [0.1, 0.15) is 6.04 Å². The fourth-order valence-corrected chi connectivity index (χ4v) is 1.73. The largest absolute Gasteiger partial charge is 0.340 e. The number of halogens is 1. The molecule has 0 spiro atoms. The molecule has 0 aromatic rings. The Hall–Kier alpha value is -1.62. The second-order valence-electron chi connectivity index (χ2n) is 3.92.